The fourth-order valence-corrected chi connectivity index (χ4v) is 1.61. The molecule has 0 saturated heterocycles. The highest BCUT2D eigenvalue weighted by atomic mass is 35.5. The van der Waals surface area contributed by atoms with Gasteiger partial charge < -0.3 is 11.1 Å². The molecule has 1 atom stereocenters. The van der Waals surface area contributed by atoms with Crippen LogP contribution in [0, 0.1) is 0 Å². The molecule has 1 heterocycles. The van der Waals surface area contributed by atoms with Gasteiger partial charge in [0.1, 0.15) is 6.33 Å². The molecule has 1 aromatic heterocycles. The number of nitrogens with one attached hydrogen (secondary N) is 1. The van der Waals surface area contributed by atoms with Crippen LogP contribution in [0.4, 0.5) is 5.69 Å². The Morgan fingerprint density at radius 2 is 2.37 bits per heavy atom. The number of tetrazole rings is 1. The van der Waals surface area contributed by atoms with Crippen molar-refractivity contribution in [1.29, 1.82) is 0 Å². The molecule has 0 saturated carbocycles. The number of aromatic nitrogens is 4. The van der Waals surface area contributed by atoms with Crippen molar-refractivity contribution >= 4 is 23.2 Å². The normalized spacial score (nSPS) is 12.2. The van der Waals surface area contributed by atoms with Crippen LogP contribution in [-0.2, 0) is 4.79 Å². The Labute approximate surface area is 114 Å². The largest absolute Gasteiger partial charge is 0.323 e. The number of hydrogen-bond donors (Lipinski definition) is 2. The first kappa shape index (κ1) is 13.4. The molecule has 0 aliphatic heterocycles. The third kappa shape index (κ3) is 3.07. The van der Waals surface area contributed by atoms with E-state index in [0.29, 0.717) is 22.8 Å². The molecule has 0 fully saturated rings. The maximum atomic E-state index is 11.8. The summed E-state index contributed by atoms with van der Waals surface area (Å²) < 4.78 is 1.46. The van der Waals surface area contributed by atoms with E-state index in [1.165, 1.54) is 11.0 Å². The standard InChI is InChI=1S/C11H13ClN6O/c1-2-9(13)11(19)15-10-5-7(3-4-8(10)12)18-6-14-16-17-18/h3-6,9H,2,13H2,1H3,(H,15,19). The fourth-order valence-electron chi connectivity index (χ4n) is 1.44. The van der Waals surface area contributed by atoms with Gasteiger partial charge in [0, 0.05) is 0 Å². The number of carbonyl (C=O) groups excluding carboxylic acids is 1. The van der Waals surface area contributed by atoms with Crippen molar-refractivity contribution in [3.05, 3.63) is 29.5 Å². The van der Waals surface area contributed by atoms with Crippen molar-refractivity contribution in [3.8, 4) is 5.69 Å². The zero-order chi connectivity index (χ0) is 13.8. The first-order valence-electron chi connectivity index (χ1n) is 5.71. The van der Waals surface area contributed by atoms with Crippen LogP contribution in [0.15, 0.2) is 24.5 Å². The lowest BCUT2D eigenvalue weighted by molar-refractivity contribution is -0.117. The maximum Gasteiger partial charge on any atom is 0.241 e. The highest BCUT2D eigenvalue weighted by Crippen LogP contribution is 2.24. The summed E-state index contributed by atoms with van der Waals surface area (Å²) >= 11 is 6.03. The SMILES string of the molecule is CCC(N)C(=O)Nc1cc(-n2cnnn2)ccc1Cl. The molecule has 100 valence electrons. The van der Waals surface area contributed by atoms with Gasteiger partial charge in [-0.2, -0.15) is 0 Å². The topological polar surface area (TPSA) is 98.7 Å². The minimum absolute atomic E-state index is 0.279. The molecule has 0 bridgehead atoms. The third-order valence-corrected chi connectivity index (χ3v) is 2.93. The van der Waals surface area contributed by atoms with E-state index in [-0.39, 0.29) is 5.91 Å². The second-order valence-electron chi connectivity index (χ2n) is 3.92. The number of nitrogens with zero attached hydrogens (tertiary/aromatic N) is 4. The number of halogens is 1. The molecule has 0 radical (unpaired) electrons. The second-order valence-corrected chi connectivity index (χ2v) is 4.33. The van der Waals surface area contributed by atoms with E-state index in [1.807, 2.05) is 6.92 Å². The Morgan fingerprint density at radius 3 is 3.00 bits per heavy atom. The molecule has 3 N–H and O–H groups in total. The van der Waals surface area contributed by atoms with Crippen molar-refractivity contribution < 1.29 is 4.79 Å². The highest BCUT2D eigenvalue weighted by molar-refractivity contribution is 6.33. The second kappa shape index (κ2) is 5.77. The smallest absolute Gasteiger partial charge is 0.241 e. The molecular weight excluding hydrogens is 268 g/mol. The number of anilines is 1. The zero-order valence-corrected chi connectivity index (χ0v) is 11.0. The monoisotopic (exact) mass is 280 g/mol. The Hall–Kier alpha value is -1.99. The molecule has 0 aliphatic carbocycles. The summed E-state index contributed by atoms with van der Waals surface area (Å²) in [5.74, 6) is -0.279. The van der Waals surface area contributed by atoms with Gasteiger partial charge >= 0.3 is 0 Å². The molecular formula is C11H13ClN6O. The molecule has 0 aliphatic rings. The van der Waals surface area contributed by atoms with E-state index in [0.717, 1.165) is 0 Å². The fraction of sp³-hybridized carbons (Fsp3) is 0.273. The number of benzene rings is 1. The lowest BCUT2D eigenvalue weighted by atomic mass is 10.2. The van der Waals surface area contributed by atoms with Crippen LogP contribution < -0.4 is 11.1 Å². The quantitative estimate of drug-likeness (QED) is 0.870. The van der Waals surface area contributed by atoms with Crippen molar-refractivity contribution in [2.75, 3.05) is 5.32 Å². The Bertz CT molecular complexity index is 571. The molecule has 1 aromatic carbocycles. The summed E-state index contributed by atoms with van der Waals surface area (Å²) in [4.78, 5) is 11.8. The Balaban J connectivity index is 2.25. The van der Waals surface area contributed by atoms with Crippen LogP contribution in [0.2, 0.25) is 5.02 Å². The molecule has 7 nitrogen and oxygen atoms in total. The molecule has 1 unspecified atom stereocenters. The van der Waals surface area contributed by atoms with Crippen LogP contribution in [-0.4, -0.2) is 32.2 Å². The average molecular weight is 281 g/mol. The summed E-state index contributed by atoms with van der Waals surface area (Å²) in [6, 6.07) is 4.52. The van der Waals surface area contributed by atoms with Crippen LogP contribution in [0.5, 0.6) is 0 Å². The van der Waals surface area contributed by atoms with Gasteiger partial charge in [-0.15, -0.1) is 5.10 Å². The van der Waals surface area contributed by atoms with E-state index in [9.17, 15) is 4.79 Å². The summed E-state index contributed by atoms with van der Waals surface area (Å²) in [7, 11) is 0. The Kier molecular flexibility index (Phi) is 4.08. The van der Waals surface area contributed by atoms with Crippen molar-refractivity contribution in [2.45, 2.75) is 19.4 Å². The molecule has 1 amide bonds. The van der Waals surface area contributed by atoms with Gasteiger partial charge in [-0.1, -0.05) is 18.5 Å². The van der Waals surface area contributed by atoms with Gasteiger partial charge in [0.2, 0.25) is 5.91 Å². The summed E-state index contributed by atoms with van der Waals surface area (Å²) in [6.07, 6.45) is 2.00. The van der Waals surface area contributed by atoms with Gasteiger partial charge in [0.05, 0.1) is 22.4 Å². The van der Waals surface area contributed by atoms with Crippen LogP contribution >= 0.6 is 11.6 Å². The van der Waals surface area contributed by atoms with Crippen molar-refractivity contribution in [3.63, 3.8) is 0 Å². The third-order valence-electron chi connectivity index (χ3n) is 2.60. The predicted octanol–water partition coefficient (Wildman–Crippen LogP) is 0.991. The molecule has 2 rings (SSSR count). The zero-order valence-electron chi connectivity index (χ0n) is 10.2. The lowest BCUT2D eigenvalue weighted by Crippen LogP contribution is -2.34. The van der Waals surface area contributed by atoms with Crippen LogP contribution in [0.25, 0.3) is 5.69 Å². The van der Waals surface area contributed by atoms with Crippen LogP contribution in [0.3, 0.4) is 0 Å². The Morgan fingerprint density at radius 1 is 1.58 bits per heavy atom. The minimum atomic E-state index is -0.562. The first-order valence-corrected chi connectivity index (χ1v) is 6.09. The molecule has 19 heavy (non-hydrogen) atoms. The van der Waals surface area contributed by atoms with E-state index in [1.54, 1.807) is 18.2 Å². The number of amides is 1. The summed E-state index contributed by atoms with van der Waals surface area (Å²) in [5, 5.41) is 14.0. The first-order chi connectivity index (χ1) is 9.11. The number of rotatable bonds is 4. The van der Waals surface area contributed by atoms with Gasteiger partial charge in [0.15, 0.2) is 0 Å². The van der Waals surface area contributed by atoms with E-state index < -0.39 is 6.04 Å². The molecule has 0 spiro atoms. The van der Waals surface area contributed by atoms with Crippen molar-refractivity contribution in [1.82, 2.24) is 20.2 Å². The lowest BCUT2D eigenvalue weighted by Gasteiger charge is -2.12. The van der Waals surface area contributed by atoms with E-state index in [4.69, 9.17) is 17.3 Å². The van der Waals surface area contributed by atoms with Gasteiger partial charge in [-0.05, 0) is 35.0 Å². The van der Waals surface area contributed by atoms with E-state index in [2.05, 4.69) is 20.8 Å². The van der Waals surface area contributed by atoms with Gasteiger partial charge in [-0.3, -0.25) is 4.79 Å². The predicted molar refractivity (Wildman–Crippen MR) is 71.1 cm³/mol. The van der Waals surface area contributed by atoms with E-state index >= 15 is 0 Å². The number of carbonyl (C=O) groups is 1. The number of hydrogen-bond acceptors (Lipinski definition) is 5. The van der Waals surface area contributed by atoms with Gasteiger partial charge in [-0.25, -0.2) is 4.68 Å². The highest BCUT2D eigenvalue weighted by Gasteiger charge is 2.13. The number of nitrogens with two attached hydrogens (primary N) is 1. The van der Waals surface area contributed by atoms with Crippen molar-refractivity contribution in [2.24, 2.45) is 5.73 Å². The summed E-state index contributed by atoms with van der Waals surface area (Å²) in [5.41, 5.74) is 6.82. The molecule has 2 aromatic rings. The van der Waals surface area contributed by atoms with Crippen LogP contribution in [0.1, 0.15) is 13.3 Å². The van der Waals surface area contributed by atoms with Gasteiger partial charge in [0.25, 0.3) is 0 Å². The average Bonchev–Trinajstić information content (AvgIpc) is 2.94. The summed E-state index contributed by atoms with van der Waals surface area (Å²) in [6.45, 7) is 1.84. The molecule has 8 heteroatoms. The maximum absolute atomic E-state index is 11.8. The minimum Gasteiger partial charge on any atom is -0.323 e.